The van der Waals surface area contributed by atoms with E-state index in [-0.39, 0.29) is 11.9 Å². The topological polar surface area (TPSA) is 55.6 Å². The molecule has 0 aliphatic carbocycles. The number of carbonyl (C=O) groups is 1. The summed E-state index contributed by atoms with van der Waals surface area (Å²) in [6, 6.07) is 5.47. The number of halogens is 1. The zero-order valence-corrected chi connectivity index (χ0v) is 8.02. The molecule has 15 heavy (non-hydrogen) atoms. The number of nitrogens with two attached hydrogens (primary N) is 1. The van der Waals surface area contributed by atoms with Gasteiger partial charge < -0.3 is 15.4 Å². The van der Waals surface area contributed by atoms with Crippen LogP contribution >= 0.6 is 0 Å². The summed E-state index contributed by atoms with van der Waals surface area (Å²) in [5, 5.41) is 0. The van der Waals surface area contributed by atoms with Gasteiger partial charge in [0.15, 0.2) is 0 Å². The second-order valence-electron chi connectivity index (χ2n) is 3.44. The molecule has 1 aromatic carbocycles. The Labute approximate surface area is 86.4 Å². The van der Waals surface area contributed by atoms with Gasteiger partial charge in [-0.2, -0.15) is 0 Å². The molecule has 0 bridgehead atoms. The summed E-state index contributed by atoms with van der Waals surface area (Å²) in [4.78, 5) is 12.1. The second-order valence-corrected chi connectivity index (χ2v) is 3.44. The summed E-state index contributed by atoms with van der Waals surface area (Å²) in [6.07, 6.45) is -0.0840. The molecule has 0 radical (unpaired) electrons. The minimum absolute atomic E-state index is 0.0840. The molecule has 1 saturated heterocycles. The van der Waals surface area contributed by atoms with Crippen LogP contribution in [-0.4, -0.2) is 30.1 Å². The molecule has 1 aromatic rings. The maximum absolute atomic E-state index is 12.8. The zero-order valence-electron chi connectivity index (χ0n) is 8.02. The van der Waals surface area contributed by atoms with Crippen LogP contribution in [0.4, 0.5) is 9.18 Å². The van der Waals surface area contributed by atoms with Crippen LogP contribution in [0.15, 0.2) is 24.3 Å². The van der Waals surface area contributed by atoms with Gasteiger partial charge in [0.25, 0.3) is 0 Å². The lowest BCUT2D eigenvalue weighted by atomic mass is 10.2. The van der Waals surface area contributed by atoms with Gasteiger partial charge in [0, 0.05) is 6.07 Å². The van der Waals surface area contributed by atoms with Gasteiger partial charge in [-0.05, 0) is 12.1 Å². The van der Waals surface area contributed by atoms with E-state index in [9.17, 15) is 9.18 Å². The molecule has 1 heterocycles. The number of hydrogen-bond acceptors (Lipinski definition) is 2. The van der Waals surface area contributed by atoms with Crippen molar-refractivity contribution in [2.45, 2.75) is 6.10 Å². The minimum Gasteiger partial charge on any atom is -0.487 e. The Kier molecular flexibility index (Phi) is 2.45. The Balaban J connectivity index is 1.87. The van der Waals surface area contributed by atoms with Crippen molar-refractivity contribution in [3.05, 3.63) is 30.1 Å². The first-order valence-electron chi connectivity index (χ1n) is 4.62. The van der Waals surface area contributed by atoms with Crippen molar-refractivity contribution < 1.29 is 13.9 Å². The molecule has 0 aromatic heterocycles. The molecular formula is C10H11FN2O2. The summed E-state index contributed by atoms with van der Waals surface area (Å²) in [5.41, 5.74) is 5.05. The highest BCUT2D eigenvalue weighted by Crippen LogP contribution is 2.18. The first-order chi connectivity index (χ1) is 7.15. The number of likely N-dealkylation sites (tertiary alicyclic amines) is 1. The number of carbonyl (C=O) groups excluding carboxylic acids is 1. The van der Waals surface area contributed by atoms with Crippen molar-refractivity contribution in [1.82, 2.24) is 4.90 Å². The summed E-state index contributed by atoms with van der Waals surface area (Å²) < 4.78 is 18.2. The number of hydrogen-bond donors (Lipinski definition) is 1. The highest BCUT2D eigenvalue weighted by atomic mass is 19.1. The predicted octanol–water partition coefficient (Wildman–Crippen LogP) is 0.967. The van der Waals surface area contributed by atoms with E-state index in [1.807, 2.05) is 0 Å². The van der Waals surface area contributed by atoms with Crippen LogP contribution in [0.3, 0.4) is 0 Å². The number of ether oxygens (including phenoxy) is 1. The number of primary amides is 1. The van der Waals surface area contributed by atoms with E-state index >= 15 is 0 Å². The Hall–Kier alpha value is -1.78. The van der Waals surface area contributed by atoms with Gasteiger partial charge >= 0.3 is 6.03 Å². The summed E-state index contributed by atoms with van der Waals surface area (Å²) in [5.74, 6) is 0.141. The Morgan fingerprint density at radius 2 is 2.27 bits per heavy atom. The fourth-order valence-electron chi connectivity index (χ4n) is 1.43. The molecule has 0 unspecified atom stereocenters. The highest BCUT2D eigenvalue weighted by Gasteiger charge is 2.30. The molecule has 80 valence electrons. The summed E-state index contributed by atoms with van der Waals surface area (Å²) in [7, 11) is 0. The lowest BCUT2D eigenvalue weighted by Gasteiger charge is -2.37. The molecule has 0 spiro atoms. The Morgan fingerprint density at radius 1 is 1.53 bits per heavy atom. The van der Waals surface area contributed by atoms with Crippen molar-refractivity contribution in [3.63, 3.8) is 0 Å². The molecular weight excluding hydrogens is 199 g/mol. The third-order valence-corrected chi connectivity index (χ3v) is 2.26. The SMILES string of the molecule is NC(=O)N1CC(Oc2cccc(F)c2)C1. The van der Waals surface area contributed by atoms with E-state index in [1.54, 1.807) is 12.1 Å². The minimum atomic E-state index is -0.450. The summed E-state index contributed by atoms with van der Waals surface area (Å²) >= 11 is 0. The van der Waals surface area contributed by atoms with Crippen LogP contribution in [0, 0.1) is 5.82 Å². The quantitative estimate of drug-likeness (QED) is 0.790. The number of urea groups is 1. The first kappa shape index (κ1) is 9.76. The lowest BCUT2D eigenvalue weighted by molar-refractivity contribution is 0.0475. The third-order valence-electron chi connectivity index (χ3n) is 2.26. The van der Waals surface area contributed by atoms with Gasteiger partial charge in [-0.15, -0.1) is 0 Å². The first-order valence-corrected chi connectivity index (χ1v) is 4.62. The maximum Gasteiger partial charge on any atom is 0.315 e. The fraction of sp³-hybridized carbons (Fsp3) is 0.300. The van der Waals surface area contributed by atoms with E-state index in [0.717, 1.165) is 0 Å². The molecule has 2 rings (SSSR count). The van der Waals surface area contributed by atoms with Gasteiger partial charge in [-0.25, -0.2) is 9.18 Å². The zero-order chi connectivity index (χ0) is 10.8. The summed E-state index contributed by atoms with van der Waals surface area (Å²) in [6.45, 7) is 0.928. The second kappa shape index (κ2) is 3.76. The van der Waals surface area contributed by atoms with Crippen LogP contribution in [0.2, 0.25) is 0 Å². The number of amides is 2. The van der Waals surface area contributed by atoms with E-state index < -0.39 is 6.03 Å². The van der Waals surface area contributed by atoms with E-state index in [2.05, 4.69) is 0 Å². The van der Waals surface area contributed by atoms with Crippen molar-refractivity contribution >= 4 is 6.03 Å². The fourth-order valence-corrected chi connectivity index (χ4v) is 1.43. The Morgan fingerprint density at radius 3 is 2.87 bits per heavy atom. The normalized spacial score (nSPS) is 15.9. The average molecular weight is 210 g/mol. The number of rotatable bonds is 2. The van der Waals surface area contributed by atoms with Gasteiger partial charge in [-0.3, -0.25) is 0 Å². The van der Waals surface area contributed by atoms with Gasteiger partial charge in [-0.1, -0.05) is 6.07 Å². The van der Waals surface area contributed by atoms with Crippen LogP contribution < -0.4 is 10.5 Å². The third kappa shape index (κ3) is 2.18. The van der Waals surface area contributed by atoms with Gasteiger partial charge in [0.1, 0.15) is 17.7 Å². The largest absolute Gasteiger partial charge is 0.487 e. The van der Waals surface area contributed by atoms with Crippen molar-refractivity contribution in [2.75, 3.05) is 13.1 Å². The number of nitrogens with zero attached hydrogens (tertiary/aromatic N) is 1. The molecule has 0 saturated carbocycles. The van der Waals surface area contributed by atoms with Crippen molar-refractivity contribution in [3.8, 4) is 5.75 Å². The number of benzene rings is 1. The molecule has 1 aliphatic rings. The predicted molar refractivity (Wildman–Crippen MR) is 52.0 cm³/mol. The van der Waals surface area contributed by atoms with Crippen LogP contribution in [0.25, 0.3) is 0 Å². The molecule has 5 heteroatoms. The molecule has 0 atom stereocenters. The van der Waals surface area contributed by atoms with Gasteiger partial charge in [0.2, 0.25) is 0 Å². The van der Waals surface area contributed by atoms with Crippen LogP contribution in [0.1, 0.15) is 0 Å². The maximum atomic E-state index is 12.8. The Bertz CT molecular complexity index is 377. The van der Waals surface area contributed by atoms with Gasteiger partial charge in [0.05, 0.1) is 13.1 Å². The average Bonchev–Trinajstić information content (AvgIpc) is 2.10. The smallest absolute Gasteiger partial charge is 0.315 e. The standard InChI is InChI=1S/C10H11FN2O2/c11-7-2-1-3-8(4-7)15-9-5-13(6-9)10(12)14/h1-4,9H,5-6H2,(H2,12,14). The molecule has 2 amide bonds. The molecule has 1 aliphatic heterocycles. The van der Waals surface area contributed by atoms with Crippen LogP contribution in [-0.2, 0) is 0 Å². The van der Waals surface area contributed by atoms with Crippen molar-refractivity contribution in [1.29, 1.82) is 0 Å². The highest BCUT2D eigenvalue weighted by molar-refractivity contribution is 5.73. The lowest BCUT2D eigenvalue weighted by Crippen LogP contribution is -2.57. The van der Waals surface area contributed by atoms with E-state index in [1.165, 1.54) is 17.0 Å². The monoisotopic (exact) mass is 210 g/mol. The molecule has 2 N–H and O–H groups in total. The van der Waals surface area contributed by atoms with Crippen molar-refractivity contribution in [2.24, 2.45) is 5.73 Å². The van der Waals surface area contributed by atoms with E-state index in [0.29, 0.717) is 18.8 Å². The molecule has 1 fully saturated rings. The van der Waals surface area contributed by atoms with Crippen LogP contribution in [0.5, 0.6) is 5.75 Å². The van der Waals surface area contributed by atoms with E-state index in [4.69, 9.17) is 10.5 Å². The molecule has 4 nitrogen and oxygen atoms in total.